The van der Waals surface area contributed by atoms with Gasteiger partial charge in [-0.15, -0.1) is 0 Å². The van der Waals surface area contributed by atoms with Gasteiger partial charge in [0.2, 0.25) is 5.91 Å². The van der Waals surface area contributed by atoms with Crippen molar-refractivity contribution >= 4 is 16.9 Å². The predicted octanol–water partition coefficient (Wildman–Crippen LogP) is -0.0514. The molecule has 0 aromatic rings. The van der Waals surface area contributed by atoms with Gasteiger partial charge in [-0.2, -0.15) is 0 Å². The largest absolute Gasteiger partial charge is 0.275 e. The number of hydrogen-bond donors (Lipinski definition) is 1. The highest BCUT2D eigenvalue weighted by Crippen LogP contribution is 2.11. The van der Waals surface area contributed by atoms with E-state index in [0.717, 1.165) is 6.42 Å². The fraction of sp³-hybridized carbons (Fsp3) is 0.800. The average molecular weight is 147 g/mol. The van der Waals surface area contributed by atoms with Crippen molar-refractivity contribution in [2.24, 2.45) is 0 Å². The van der Waals surface area contributed by atoms with E-state index < -0.39 is 11.0 Å². The van der Waals surface area contributed by atoms with Crippen LogP contribution in [-0.2, 0) is 15.8 Å². The van der Waals surface area contributed by atoms with Crippen molar-refractivity contribution in [1.82, 2.24) is 4.72 Å². The van der Waals surface area contributed by atoms with E-state index in [2.05, 4.69) is 4.72 Å². The van der Waals surface area contributed by atoms with Gasteiger partial charge in [-0.05, 0) is 6.42 Å². The molecule has 0 radical (unpaired) electrons. The minimum atomic E-state index is -1.09. The molecule has 3 nitrogen and oxygen atoms in total. The van der Waals surface area contributed by atoms with Crippen LogP contribution >= 0.6 is 0 Å². The Hall–Kier alpha value is -0.380. The van der Waals surface area contributed by atoms with Crippen LogP contribution in [0.1, 0.15) is 19.8 Å². The molecule has 0 aliphatic carbocycles. The van der Waals surface area contributed by atoms with E-state index in [-0.39, 0.29) is 11.2 Å². The SMILES string of the molecule is CCC1CC(=O)NS1=O. The Morgan fingerprint density at radius 1 is 1.89 bits per heavy atom. The summed E-state index contributed by atoms with van der Waals surface area (Å²) in [5, 5.41) is 0.0532. The zero-order valence-corrected chi connectivity index (χ0v) is 6.03. The second kappa shape index (κ2) is 2.47. The minimum absolute atomic E-state index is 0.0532. The molecular weight excluding hydrogens is 138 g/mol. The molecule has 1 aliphatic rings. The maximum Gasteiger partial charge on any atom is 0.232 e. The topological polar surface area (TPSA) is 46.2 Å². The summed E-state index contributed by atoms with van der Waals surface area (Å²) in [5.74, 6) is -0.0832. The third-order valence-corrected chi connectivity index (χ3v) is 2.92. The molecule has 1 aliphatic heterocycles. The van der Waals surface area contributed by atoms with Gasteiger partial charge >= 0.3 is 0 Å². The molecule has 0 aromatic carbocycles. The van der Waals surface area contributed by atoms with Crippen molar-refractivity contribution in [3.63, 3.8) is 0 Å². The molecule has 9 heavy (non-hydrogen) atoms. The summed E-state index contributed by atoms with van der Waals surface area (Å²) in [6, 6.07) is 0. The summed E-state index contributed by atoms with van der Waals surface area (Å²) in [4.78, 5) is 10.5. The number of carbonyl (C=O) groups excluding carboxylic acids is 1. The van der Waals surface area contributed by atoms with Crippen molar-refractivity contribution in [1.29, 1.82) is 0 Å². The molecule has 0 aromatic heterocycles. The highest BCUT2D eigenvalue weighted by Gasteiger charge is 2.26. The molecular formula is C5H9NO2S. The van der Waals surface area contributed by atoms with E-state index in [1.807, 2.05) is 6.92 Å². The van der Waals surface area contributed by atoms with Crippen LogP contribution in [0.15, 0.2) is 0 Å². The van der Waals surface area contributed by atoms with Gasteiger partial charge in [0.05, 0.1) is 5.25 Å². The minimum Gasteiger partial charge on any atom is -0.275 e. The van der Waals surface area contributed by atoms with Gasteiger partial charge < -0.3 is 0 Å². The fourth-order valence-corrected chi connectivity index (χ4v) is 1.90. The maximum atomic E-state index is 10.8. The Bertz CT molecular complexity index is 157. The highest BCUT2D eigenvalue weighted by molar-refractivity contribution is 7.84. The van der Waals surface area contributed by atoms with Crippen molar-refractivity contribution in [2.75, 3.05) is 0 Å². The van der Waals surface area contributed by atoms with Crippen LogP contribution < -0.4 is 4.72 Å². The first-order chi connectivity index (χ1) is 4.24. The maximum absolute atomic E-state index is 10.8. The van der Waals surface area contributed by atoms with Crippen LogP contribution in [0.25, 0.3) is 0 Å². The van der Waals surface area contributed by atoms with E-state index in [4.69, 9.17) is 0 Å². The molecule has 1 amide bonds. The summed E-state index contributed by atoms with van der Waals surface area (Å²) in [5.41, 5.74) is 0. The number of amides is 1. The van der Waals surface area contributed by atoms with Gasteiger partial charge in [-0.25, -0.2) is 4.21 Å². The van der Waals surface area contributed by atoms with Gasteiger partial charge in [0.15, 0.2) is 0 Å². The van der Waals surface area contributed by atoms with E-state index in [0.29, 0.717) is 6.42 Å². The lowest BCUT2D eigenvalue weighted by Crippen LogP contribution is -2.16. The number of rotatable bonds is 1. The monoisotopic (exact) mass is 147 g/mol. The summed E-state index contributed by atoms with van der Waals surface area (Å²) in [6.45, 7) is 1.93. The van der Waals surface area contributed by atoms with Crippen LogP contribution in [0.5, 0.6) is 0 Å². The molecule has 0 spiro atoms. The lowest BCUT2D eigenvalue weighted by molar-refractivity contribution is -0.118. The molecule has 0 bridgehead atoms. The van der Waals surface area contributed by atoms with Crippen molar-refractivity contribution in [2.45, 2.75) is 25.0 Å². The second-order valence-corrected chi connectivity index (χ2v) is 3.52. The highest BCUT2D eigenvalue weighted by atomic mass is 32.2. The number of nitrogens with one attached hydrogen (secondary N) is 1. The normalized spacial score (nSPS) is 34.6. The average Bonchev–Trinajstić information content (AvgIpc) is 2.10. The molecule has 2 atom stereocenters. The van der Waals surface area contributed by atoms with E-state index in [1.165, 1.54) is 0 Å². The van der Waals surface area contributed by atoms with E-state index in [1.54, 1.807) is 0 Å². The van der Waals surface area contributed by atoms with Crippen LogP contribution in [0, 0.1) is 0 Å². The fourth-order valence-electron chi connectivity index (χ4n) is 0.815. The van der Waals surface area contributed by atoms with Crippen molar-refractivity contribution in [3.8, 4) is 0 Å². The Kier molecular flexibility index (Phi) is 1.85. The molecule has 1 N–H and O–H groups in total. The van der Waals surface area contributed by atoms with Crippen LogP contribution in [0.3, 0.4) is 0 Å². The predicted molar refractivity (Wildman–Crippen MR) is 35.0 cm³/mol. The summed E-state index contributed by atoms with van der Waals surface area (Å²) < 4.78 is 13.1. The Balaban J connectivity index is 2.58. The first-order valence-electron chi connectivity index (χ1n) is 2.94. The Morgan fingerprint density at radius 3 is 2.78 bits per heavy atom. The quantitative estimate of drug-likeness (QED) is 0.565. The van der Waals surface area contributed by atoms with Crippen LogP contribution in [0.2, 0.25) is 0 Å². The molecule has 0 saturated carbocycles. The molecule has 1 rings (SSSR count). The van der Waals surface area contributed by atoms with Gasteiger partial charge in [0.1, 0.15) is 11.0 Å². The number of hydrogen-bond acceptors (Lipinski definition) is 2. The molecule has 4 heteroatoms. The standard InChI is InChI=1S/C5H9NO2S/c1-2-4-3-5(7)6-9(4)8/h4H,2-3H2,1H3,(H,6,7). The van der Waals surface area contributed by atoms with Gasteiger partial charge in [0.25, 0.3) is 0 Å². The van der Waals surface area contributed by atoms with Gasteiger partial charge in [-0.1, -0.05) is 6.92 Å². The zero-order chi connectivity index (χ0) is 6.85. The lowest BCUT2D eigenvalue weighted by Gasteiger charge is -1.97. The van der Waals surface area contributed by atoms with Gasteiger partial charge in [0, 0.05) is 6.42 Å². The van der Waals surface area contributed by atoms with Crippen LogP contribution in [0.4, 0.5) is 0 Å². The van der Waals surface area contributed by atoms with Gasteiger partial charge in [-0.3, -0.25) is 9.52 Å². The first kappa shape index (κ1) is 6.74. The summed E-state index contributed by atoms with van der Waals surface area (Å²) in [6.07, 6.45) is 1.24. The third-order valence-electron chi connectivity index (χ3n) is 1.39. The molecule has 1 fully saturated rings. The van der Waals surface area contributed by atoms with Crippen LogP contribution in [-0.4, -0.2) is 15.4 Å². The molecule has 1 heterocycles. The third kappa shape index (κ3) is 1.30. The number of carbonyl (C=O) groups is 1. The smallest absolute Gasteiger partial charge is 0.232 e. The zero-order valence-electron chi connectivity index (χ0n) is 5.22. The lowest BCUT2D eigenvalue weighted by atomic mass is 10.2. The summed E-state index contributed by atoms with van der Waals surface area (Å²) >= 11 is 0. The van der Waals surface area contributed by atoms with E-state index >= 15 is 0 Å². The molecule has 2 unspecified atom stereocenters. The van der Waals surface area contributed by atoms with Crippen molar-refractivity contribution in [3.05, 3.63) is 0 Å². The summed E-state index contributed by atoms with van der Waals surface area (Å²) in [7, 11) is -1.09. The second-order valence-electron chi connectivity index (χ2n) is 2.06. The van der Waals surface area contributed by atoms with E-state index in [9.17, 15) is 9.00 Å². The molecule has 1 saturated heterocycles. The molecule has 52 valence electrons. The Labute approximate surface area is 56.4 Å². The Morgan fingerprint density at radius 2 is 2.56 bits per heavy atom. The first-order valence-corrected chi connectivity index (χ1v) is 4.15. The van der Waals surface area contributed by atoms with Crippen molar-refractivity contribution < 1.29 is 9.00 Å².